The highest BCUT2D eigenvalue weighted by Crippen LogP contribution is 2.42. The van der Waals surface area contributed by atoms with Gasteiger partial charge in [0.15, 0.2) is 0 Å². The van der Waals surface area contributed by atoms with Crippen molar-refractivity contribution in [3.63, 3.8) is 0 Å². The van der Waals surface area contributed by atoms with E-state index in [1.54, 1.807) is 23.9 Å². The lowest BCUT2D eigenvalue weighted by Crippen LogP contribution is -2.47. The summed E-state index contributed by atoms with van der Waals surface area (Å²) in [4.78, 5) is 6.13. The molecule has 0 amide bonds. The number of rotatable bonds is 6. The Morgan fingerprint density at radius 3 is 2.75 bits per heavy atom. The third kappa shape index (κ3) is 4.45. The van der Waals surface area contributed by atoms with E-state index in [4.69, 9.17) is 10.5 Å². The zero-order valence-electron chi connectivity index (χ0n) is 16.3. The van der Waals surface area contributed by atoms with Gasteiger partial charge >= 0.3 is 0 Å². The van der Waals surface area contributed by atoms with Crippen LogP contribution in [0.1, 0.15) is 13.3 Å². The minimum Gasteiger partial charge on any atom is -0.492 e. The van der Waals surface area contributed by atoms with Crippen molar-refractivity contribution < 1.29 is 9.13 Å². The Labute approximate surface area is 170 Å². The Kier molecular flexibility index (Phi) is 6.09. The molecule has 28 heavy (non-hydrogen) atoms. The summed E-state index contributed by atoms with van der Waals surface area (Å²) in [5.41, 5.74) is 7.69. The van der Waals surface area contributed by atoms with Crippen molar-refractivity contribution in [2.24, 2.45) is 17.6 Å². The van der Waals surface area contributed by atoms with Crippen molar-refractivity contribution in [2.45, 2.75) is 23.7 Å². The molecule has 6 heteroatoms. The van der Waals surface area contributed by atoms with Crippen LogP contribution in [0.5, 0.6) is 5.75 Å². The van der Waals surface area contributed by atoms with Gasteiger partial charge in [0, 0.05) is 24.5 Å². The van der Waals surface area contributed by atoms with Crippen molar-refractivity contribution >= 4 is 17.4 Å². The molecule has 3 atom stereocenters. The summed E-state index contributed by atoms with van der Waals surface area (Å²) < 4.78 is 18.7. The van der Waals surface area contributed by atoms with E-state index >= 15 is 0 Å². The first kappa shape index (κ1) is 19.6. The van der Waals surface area contributed by atoms with Gasteiger partial charge in [-0.15, -0.1) is 0 Å². The van der Waals surface area contributed by atoms with Gasteiger partial charge in [-0.05, 0) is 61.2 Å². The molecule has 1 fully saturated rings. The van der Waals surface area contributed by atoms with E-state index in [0.717, 1.165) is 31.9 Å². The normalized spacial score (nSPS) is 25.0. The fourth-order valence-corrected chi connectivity index (χ4v) is 5.21. The van der Waals surface area contributed by atoms with Crippen LogP contribution in [0.4, 0.5) is 10.1 Å². The summed E-state index contributed by atoms with van der Waals surface area (Å²) in [7, 11) is 0. The molecule has 4 nitrogen and oxygen atoms in total. The number of para-hydroxylation sites is 1. The SMILES string of the molecule is CC1CN(CCOc2ccc(F)cc2)CCC1CN1c2ccccc2SC1N. The lowest BCUT2D eigenvalue weighted by Gasteiger charge is -2.39. The third-order valence-corrected chi connectivity index (χ3v) is 6.91. The molecular weight excluding hydrogens is 373 g/mol. The first-order valence-corrected chi connectivity index (χ1v) is 10.9. The Morgan fingerprint density at radius 1 is 1.18 bits per heavy atom. The van der Waals surface area contributed by atoms with Gasteiger partial charge in [0.25, 0.3) is 0 Å². The van der Waals surface area contributed by atoms with Gasteiger partial charge in [0.05, 0.1) is 5.69 Å². The Bertz CT molecular complexity index is 788. The van der Waals surface area contributed by atoms with Gasteiger partial charge in [-0.3, -0.25) is 4.90 Å². The number of piperidine rings is 1. The molecule has 2 N–H and O–H groups in total. The van der Waals surface area contributed by atoms with Crippen molar-refractivity contribution in [1.82, 2.24) is 4.90 Å². The fourth-order valence-electron chi connectivity index (χ4n) is 4.16. The van der Waals surface area contributed by atoms with Crippen LogP contribution in [0, 0.1) is 17.7 Å². The van der Waals surface area contributed by atoms with Gasteiger partial charge in [-0.25, -0.2) is 4.39 Å². The van der Waals surface area contributed by atoms with Crippen LogP contribution in [0.25, 0.3) is 0 Å². The average Bonchev–Trinajstić information content (AvgIpc) is 3.01. The number of ether oxygens (including phenoxy) is 1. The summed E-state index contributed by atoms with van der Waals surface area (Å²) in [6, 6.07) is 14.7. The van der Waals surface area contributed by atoms with E-state index in [1.165, 1.54) is 29.1 Å². The molecule has 1 saturated heterocycles. The van der Waals surface area contributed by atoms with Crippen LogP contribution < -0.4 is 15.4 Å². The molecule has 0 aliphatic carbocycles. The van der Waals surface area contributed by atoms with E-state index in [9.17, 15) is 4.39 Å². The topological polar surface area (TPSA) is 41.7 Å². The van der Waals surface area contributed by atoms with Gasteiger partial charge in [-0.2, -0.15) is 0 Å². The van der Waals surface area contributed by atoms with Gasteiger partial charge in [0.1, 0.15) is 23.7 Å². The van der Waals surface area contributed by atoms with Crippen molar-refractivity contribution in [2.75, 3.05) is 37.7 Å². The second-order valence-corrected chi connectivity index (χ2v) is 8.92. The maximum Gasteiger partial charge on any atom is 0.130 e. The summed E-state index contributed by atoms with van der Waals surface area (Å²) in [5.74, 6) is 1.75. The molecule has 2 aromatic carbocycles. The first-order chi connectivity index (χ1) is 13.6. The van der Waals surface area contributed by atoms with Crippen LogP contribution >= 0.6 is 11.8 Å². The Morgan fingerprint density at radius 2 is 1.96 bits per heavy atom. The highest BCUT2D eigenvalue weighted by Gasteiger charge is 2.33. The van der Waals surface area contributed by atoms with E-state index in [0.29, 0.717) is 18.4 Å². The molecule has 3 unspecified atom stereocenters. The quantitative estimate of drug-likeness (QED) is 0.792. The van der Waals surface area contributed by atoms with Gasteiger partial charge < -0.3 is 15.4 Å². The number of likely N-dealkylation sites (tertiary alicyclic amines) is 1. The largest absolute Gasteiger partial charge is 0.492 e. The maximum atomic E-state index is 13.0. The molecule has 0 bridgehead atoms. The number of benzene rings is 2. The van der Waals surface area contributed by atoms with Crippen molar-refractivity contribution in [3.05, 3.63) is 54.3 Å². The predicted molar refractivity (Wildman–Crippen MR) is 113 cm³/mol. The van der Waals surface area contributed by atoms with Crippen molar-refractivity contribution in [1.29, 1.82) is 0 Å². The molecule has 4 rings (SSSR count). The third-order valence-electron chi connectivity index (χ3n) is 5.82. The molecular formula is C22H28FN3OS. The lowest BCUT2D eigenvalue weighted by atomic mass is 9.86. The number of fused-ring (bicyclic) bond motifs is 1. The standard InChI is InChI=1S/C22H28FN3OS/c1-16-14-25(12-13-27-19-8-6-18(23)7-9-19)11-10-17(16)15-26-20-4-2-3-5-21(20)28-22(26)24/h2-9,16-17,22H,10-15,24H2,1H3. The molecule has 0 radical (unpaired) electrons. The molecule has 0 spiro atoms. The Balaban J connectivity index is 1.25. The first-order valence-electron chi connectivity index (χ1n) is 9.99. The molecule has 2 aliphatic rings. The monoisotopic (exact) mass is 401 g/mol. The van der Waals surface area contributed by atoms with E-state index in [-0.39, 0.29) is 11.3 Å². The summed E-state index contributed by atoms with van der Waals surface area (Å²) in [6.45, 7) is 7.06. The minimum absolute atomic E-state index is 0.0201. The zero-order chi connectivity index (χ0) is 19.5. The second kappa shape index (κ2) is 8.72. The molecule has 0 saturated carbocycles. The molecule has 0 aromatic heterocycles. The van der Waals surface area contributed by atoms with Crippen LogP contribution in [-0.2, 0) is 0 Å². The van der Waals surface area contributed by atoms with Crippen LogP contribution in [0.15, 0.2) is 53.4 Å². The molecule has 2 heterocycles. The number of nitrogens with zero attached hydrogens (tertiary/aromatic N) is 2. The summed E-state index contributed by atoms with van der Waals surface area (Å²) in [5, 5.41) is 0. The second-order valence-electron chi connectivity index (χ2n) is 7.76. The van der Waals surface area contributed by atoms with Gasteiger partial charge in [-0.1, -0.05) is 30.8 Å². The van der Waals surface area contributed by atoms with Crippen LogP contribution in [0.2, 0.25) is 0 Å². The molecule has 150 valence electrons. The summed E-state index contributed by atoms with van der Waals surface area (Å²) >= 11 is 1.75. The van der Waals surface area contributed by atoms with E-state index in [2.05, 4.69) is 41.0 Å². The number of nitrogens with two attached hydrogens (primary N) is 1. The highest BCUT2D eigenvalue weighted by molar-refractivity contribution is 8.00. The van der Waals surface area contributed by atoms with E-state index < -0.39 is 0 Å². The zero-order valence-corrected chi connectivity index (χ0v) is 17.1. The van der Waals surface area contributed by atoms with Crippen LogP contribution in [0.3, 0.4) is 0 Å². The van der Waals surface area contributed by atoms with Crippen molar-refractivity contribution in [3.8, 4) is 5.75 Å². The smallest absolute Gasteiger partial charge is 0.130 e. The maximum absolute atomic E-state index is 13.0. The van der Waals surface area contributed by atoms with E-state index in [1.807, 2.05) is 0 Å². The number of hydrogen-bond acceptors (Lipinski definition) is 5. The van der Waals surface area contributed by atoms with Crippen LogP contribution in [-0.4, -0.2) is 43.2 Å². The lowest BCUT2D eigenvalue weighted by molar-refractivity contribution is 0.114. The number of thioether (sulfide) groups is 1. The highest BCUT2D eigenvalue weighted by atomic mass is 32.2. The molecule has 2 aromatic rings. The fraction of sp³-hybridized carbons (Fsp3) is 0.455. The number of halogens is 1. The number of anilines is 1. The van der Waals surface area contributed by atoms with Gasteiger partial charge in [0.2, 0.25) is 0 Å². The Hall–Kier alpha value is -1.76. The number of hydrogen-bond donors (Lipinski definition) is 1. The minimum atomic E-state index is -0.234. The summed E-state index contributed by atoms with van der Waals surface area (Å²) in [6.07, 6.45) is 1.17. The molecule has 2 aliphatic heterocycles. The predicted octanol–water partition coefficient (Wildman–Crippen LogP) is 4.02. The average molecular weight is 402 g/mol.